The van der Waals surface area contributed by atoms with Crippen LogP contribution in [0.4, 0.5) is 0 Å². The molecule has 3 rings (SSSR count). The van der Waals surface area contributed by atoms with E-state index in [4.69, 9.17) is 5.73 Å². The molecule has 0 aromatic rings. The summed E-state index contributed by atoms with van der Waals surface area (Å²) in [5.74, 6) is -0.642. The normalized spacial score (nSPS) is 34.2. The molecule has 1 amide bonds. The van der Waals surface area contributed by atoms with Crippen LogP contribution in [0.5, 0.6) is 0 Å². The average molecular weight is 297 g/mol. The molecule has 3 heterocycles. The van der Waals surface area contributed by atoms with Crippen molar-refractivity contribution in [3.63, 3.8) is 0 Å². The number of rotatable bonds is 3. The predicted molar refractivity (Wildman–Crippen MR) is 76.0 cm³/mol. The Kier molecular flexibility index (Phi) is 3.51. The highest BCUT2D eigenvalue weighted by molar-refractivity contribution is 8.00. The summed E-state index contributed by atoms with van der Waals surface area (Å²) < 4.78 is 0. The average Bonchev–Trinajstić information content (AvgIpc) is 2.82. The minimum Gasteiger partial charge on any atom is -0.477 e. The van der Waals surface area contributed by atoms with E-state index in [1.807, 2.05) is 0 Å². The second-order valence-electron chi connectivity index (χ2n) is 5.65. The summed E-state index contributed by atoms with van der Waals surface area (Å²) in [4.78, 5) is 27.0. The van der Waals surface area contributed by atoms with Gasteiger partial charge in [-0.05, 0) is 31.9 Å². The van der Waals surface area contributed by atoms with Crippen LogP contribution >= 0.6 is 11.8 Å². The van der Waals surface area contributed by atoms with Crippen molar-refractivity contribution in [2.45, 2.75) is 37.2 Å². The third-order valence-corrected chi connectivity index (χ3v) is 5.74. The molecule has 3 atom stereocenters. The molecule has 2 fully saturated rings. The SMILES string of the molecule is CC1CCCN1CC1=C(C(=O)O)N2C(=O)C(N)[C@@H]2SC1. The summed E-state index contributed by atoms with van der Waals surface area (Å²) in [5.41, 5.74) is 6.74. The summed E-state index contributed by atoms with van der Waals surface area (Å²) in [6.07, 6.45) is 2.30. The molecule has 0 saturated carbocycles. The predicted octanol–water partition coefficient (Wildman–Crippen LogP) is 0.0518. The summed E-state index contributed by atoms with van der Waals surface area (Å²) >= 11 is 1.57. The molecule has 0 aliphatic carbocycles. The Bertz CT molecular complexity index is 493. The third kappa shape index (κ3) is 2.04. The first-order valence-electron chi connectivity index (χ1n) is 6.90. The zero-order valence-corrected chi connectivity index (χ0v) is 12.2. The maximum Gasteiger partial charge on any atom is 0.352 e. The first-order chi connectivity index (χ1) is 9.50. The van der Waals surface area contributed by atoms with Crippen LogP contribution in [0.15, 0.2) is 11.3 Å². The van der Waals surface area contributed by atoms with Crippen molar-refractivity contribution in [3.8, 4) is 0 Å². The number of carboxylic acids is 1. The van der Waals surface area contributed by atoms with Crippen LogP contribution in [0.1, 0.15) is 19.8 Å². The minimum atomic E-state index is -1.02. The van der Waals surface area contributed by atoms with E-state index in [2.05, 4.69) is 11.8 Å². The Hall–Kier alpha value is -1.05. The number of fused-ring (bicyclic) bond motifs is 1. The van der Waals surface area contributed by atoms with Gasteiger partial charge in [0.05, 0.1) is 0 Å². The van der Waals surface area contributed by atoms with Crippen molar-refractivity contribution in [2.24, 2.45) is 5.73 Å². The fraction of sp³-hybridized carbons (Fsp3) is 0.692. The zero-order chi connectivity index (χ0) is 14.4. The zero-order valence-electron chi connectivity index (χ0n) is 11.4. The molecule has 3 aliphatic heterocycles. The van der Waals surface area contributed by atoms with E-state index in [0.717, 1.165) is 25.0 Å². The molecule has 0 bridgehead atoms. The number of carbonyl (C=O) groups excluding carboxylic acids is 1. The van der Waals surface area contributed by atoms with Gasteiger partial charge in [-0.15, -0.1) is 11.8 Å². The number of amides is 1. The molecule has 2 unspecified atom stereocenters. The second kappa shape index (κ2) is 5.05. The molecule has 6 nitrogen and oxygen atoms in total. The number of hydrogen-bond donors (Lipinski definition) is 2. The van der Waals surface area contributed by atoms with Crippen molar-refractivity contribution in [1.29, 1.82) is 0 Å². The lowest BCUT2D eigenvalue weighted by molar-refractivity contribution is -0.148. The maximum atomic E-state index is 11.8. The third-order valence-electron chi connectivity index (χ3n) is 4.38. The Morgan fingerprint density at radius 1 is 1.55 bits per heavy atom. The van der Waals surface area contributed by atoms with Crippen LogP contribution in [0.25, 0.3) is 0 Å². The molecule has 2 saturated heterocycles. The molecular formula is C13H19N3O3S. The van der Waals surface area contributed by atoms with Crippen LogP contribution in [-0.4, -0.2) is 63.1 Å². The van der Waals surface area contributed by atoms with Gasteiger partial charge < -0.3 is 10.8 Å². The van der Waals surface area contributed by atoms with Gasteiger partial charge in [0.25, 0.3) is 0 Å². The lowest BCUT2D eigenvalue weighted by Crippen LogP contribution is -2.68. The Morgan fingerprint density at radius 2 is 2.30 bits per heavy atom. The van der Waals surface area contributed by atoms with Gasteiger partial charge in [0, 0.05) is 18.3 Å². The lowest BCUT2D eigenvalue weighted by Gasteiger charge is -2.48. The van der Waals surface area contributed by atoms with Gasteiger partial charge >= 0.3 is 5.97 Å². The molecule has 7 heteroatoms. The van der Waals surface area contributed by atoms with Gasteiger partial charge in [0.1, 0.15) is 17.1 Å². The van der Waals surface area contributed by atoms with E-state index in [9.17, 15) is 14.7 Å². The largest absolute Gasteiger partial charge is 0.477 e. The van der Waals surface area contributed by atoms with Gasteiger partial charge in [0.2, 0.25) is 5.91 Å². The number of aliphatic carboxylic acids is 1. The molecule has 20 heavy (non-hydrogen) atoms. The number of likely N-dealkylation sites (tertiary alicyclic amines) is 1. The Morgan fingerprint density at radius 3 is 2.90 bits per heavy atom. The Balaban J connectivity index is 1.86. The summed E-state index contributed by atoms with van der Waals surface area (Å²) in [5, 5.41) is 9.25. The van der Waals surface area contributed by atoms with Crippen molar-refractivity contribution in [2.75, 3.05) is 18.8 Å². The molecular weight excluding hydrogens is 278 g/mol. The van der Waals surface area contributed by atoms with Crippen LogP contribution in [0.2, 0.25) is 0 Å². The van der Waals surface area contributed by atoms with E-state index < -0.39 is 12.0 Å². The first kappa shape index (κ1) is 13.9. The lowest BCUT2D eigenvalue weighted by atomic mass is 10.0. The van der Waals surface area contributed by atoms with Crippen molar-refractivity contribution >= 4 is 23.6 Å². The first-order valence-corrected chi connectivity index (χ1v) is 7.95. The number of nitrogens with zero attached hydrogens (tertiary/aromatic N) is 2. The molecule has 0 spiro atoms. The van der Waals surface area contributed by atoms with Crippen LogP contribution in [-0.2, 0) is 9.59 Å². The van der Waals surface area contributed by atoms with E-state index in [-0.39, 0.29) is 17.0 Å². The van der Waals surface area contributed by atoms with E-state index >= 15 is 0 Å². The molecule has 3 aliphatic rings. The fourth-order valence-corrected chi connectivity index (χ4v) is 4.46. The molecule has 0 aromatic carbocycles. The molecule has 110 valence electrons. The van der Waals surface area contributed by atoms with E-state index in [1.54, 1.807) is 11.8 Å². The number of thioether (sulfide) groups is 1. The number of carbonyl (C=O) groups is 2. The van der Waals surface area contributed by atoms with Crippen molar-refractivity contribution in [3.05, 3.63) is 11.3 Å². The molecule has 0 radical (unpaired) electrons. The highest BCUT2D eigenvalue weighted by Crippen LogP contribution is 2.39. The van der Waals surface area contributed by atoms with Gasteiger partial charge in [-0.2, -0.15) is 0 Å². The summed E-state index contributed by atoms with van der Waals surface area (Å²) in [6.45, 7) is 3.80. The van der Waals surface area contributed by atoms with Crippen LogP contribution in [0.3, 0.4) is 0 Å². The van der Waals surface area contributed by atoms with Crippen LogP contribution in [0, 0.1) is 0 Å². The van der Waals surface area contributed by atoms with Crippen molar-refractivity contribution in [1.82, 2.24) is 9.80 Å². The topological polar surface area (TPSA) is 86.9 Å². The number of hydrogen-bond acceptors (Lipinski definition) is 5. The van der Waals surface area contributed by atoms with Gasteiger partial charge in [0.15, 0.2) is 0 Å². The smallest absolute Gasteiger partial charge is 0.352 e. The van der Waals surface area contributed by atoms with E-state index in [1.165, 1.54) is 4.90 Å². The summed E-state index contributed by atoms with van der Waals surface area (Å²) in [6, 6.07) is -0.0729. The van der Waals surface area contributed by atoms with Gasteiger partial charge in [-0.1, -0.05) is 0 Å². The van der Waals surface area contributed by atoms with Gasteiger partial charge in [-0.25, -0.2) is 4.79 Å². The monoisotopic (exact) mass is 297 g/mol. The number of β-lactam (4-membered cyclic amide) rings is 1. The molecule has 3 N–H and O–H groups in total. The van der Waals surface area contributed by atoms with E-state index in [0.29, 0.717) is 18.3 Å². The summed E-state index contributed by atoms with van der Waals surface area (Å²) in [7, 11) is 0. The fourth-order valence-electron chi connectivity index (χ4n) is 3.17. The number of carboxylic acid groups (broad SMARTS) is 1. The standard InChI is InChI=1S/C13H19N3O3S/c1-7-3-2-4-15(7)5-8-6-20-12-9(14)11(17)16(12)10(8)13(18)19/h7,9,12H,2-6,14H2,1H3,(H,18,19)/t7?,9?,12-/m0/s1. The highest BCUT2D eigenvalue weighted by atomic mass is 32.2. The molecule has 0 aromatic heterocycles. The quantitative estimate of drug-likeness (QED) is 0.716. The van der Waals surface area contributed by atoms with Crippen LogP contribution < -0.4 is 5.73 Å². The maximum absolute atomic E-state index is 11.8. The Labute approximate surface area is 122 Å². The number of nitrogens with two attached hydrogens (primary N) is 1. The minimum absolute atomic E-state index is 0.166. The highest BCUT2D eigenvalue weighted by Gasteiger charge is 2.51. The van der Waals surface area contributed by atoms with Gasteiger partial charge in [-0.3, -0.25) is 14.6 Å². The van der Waals surface area contributed by atoms with Crippen molar-refractivity contribution < 1.29 is 14.7 Å². The second-order valence-corrected chi connectivity index (χ2v) is 6.76.